The standard InChI is InChI=1S/C14H12F3NO2S/c1-10-3-2-4-12(9-10)18-21(19,20)13-7-5-11(6-8-13)14(15,16)17/h2-9,18H,1H3. The van der Waals surface area contributed by atoms with Crippen LogP contribution in [0.4, 0.5) is 18.9 Å². The van der Waals surface area contributed by atoms with Crippen LogP contribution in [0.3, 0.4) is 0 Å². The zero-order chi connectivity index (χ0) is 15.7. The lowest BCUT2D eigenvalue weighted by Gasteiger charge is -2.10. The number of halogens is 3. The van der Waals surface area contributed by atoms with Crippen LogP contribution in [-0.4, -0.2) is 8.42 Å². The van der Waals surface area contributed by atoms with E-state index in [0.717, 1.165) is 29.8 Å². The Morgan fingerprint density at radius 2 is 1.62 bits per heavy atom. The Morgan fingerprint density at radius 3 is 2.14 bits per heavy atom. The normalized spacial score (nSPS) is 12.2. The van der Waals surface area contributed by atoms with E-state index >= 15 is 0 Å². The molecule has 0 aromatic heterocycles. The van der Waals surface area contributed by atoms with Crippen LogP contribution in [0.15, 0.2) is 53.4 Å². The van der Waals surface area contributed by atoms with Crippen molar-refractivity contribution in [3.8, 4) is 0 Å². The highest BCUT2D eigenvalue weighted by molar-refractivity contribution is 7.92. The molecule has 1 N–H and O–H groups in total. The first-order valence-electron chi connectivity index (χ1n) is 5.95. The third-order valence-electron chi connectivity index (χ3n) is 2.76. The number of benzene rings is 2. The van der Waals surface area contributed by atoms with Gasteiger partial charge in [-0.2, -0.15) is 13.2 Å². The van der Waals surface area contributed by atoms with Crippen molar-refractivity contribution in [2.75, 3.05) is 4.72 Å². The summed E-state index contributed by atoms with van der Waals surface area (Å²) in [6.45, 7) is 1.80. The van der Waals surface area contributed by atoms with Gasteiger partial charge in [0.15, 0.2) is 0 Å². The van der Waals surface area contributed by atoms with Crippen molar-refractivity contribution in [2.45, 2.75) is 18.0 Å². The van der Waals surface area contributed by atoms with Gasteiger partial charge in [-0.25, -0.2) is 8.42 Å². The zero-order valence-electron chi connectivity index (χ0n) is 11.0. The fourth-order valence-electron chi connectivity index (χ4n) is 1.75. The van der Waals surface area contributed by atoms with Crippen LogP contribution in [0.2, 0.25) is 0 Å². The predicted octanol–water partition coefficient (Wildman–Crippen LogP) is 3.81. The molecule has 0 fully saturated rings. The molecule has 0 spiro atoms. The highest BCUT2D eigenvalue weighted by atomic mass is 32.2. The summed E-state index contributed by atoms with van der Waals surface area (Å²) in [7, 11) is -3.91. The molecule has 112 valence electrons. The lowest BCUT2D eigenvalue weighted by molar-refractivity contribution is -0.137. The second-order valence-electron chi connectivity index (χ2n) is 4.50. The number of aryl methyl sites for hydroxylation is 1. The Bertz CT molecular complexity index is 738. The van der Waals surface area contributed by atoms with Gasteiger partial charge in [0.05, 0.1) is 10.5 Å². The highest BCUT2D eigenvalue weighted by Crippen LogP contribution is 2.30. The number of nitrogens with one attached hydrogen (secondary N) is 1. The second-order valence-corrected chi connectivity index (χ2v) is 6.18. The van der Waals surface area contributed by atoms with Crippen LogP contribution in [0.1, 0.15) is 11.1 Å². The number of hydrogen-bond acceptors (Lipinski definition) is 2. The predicted molar refractivity (Wildman–Crippen MR) is 73.4 cm³/mol. The van der Waals surface area contributed by atoms with E-state index in [0.29, 0.717) is 5.69 Å². The topological polar surface area (TPSA) is 46.2 Å². The molecule has 2 aromatic carbocycles. The third-order valence-corrected chi connectivity index (χ3v) is 4.16. The van der Waals surface area contributed by atoms with E-state index in [4.69, 9.17) is 0 Å². The van der Waals surface area contributed by atoms with Gasteiger partial charge in [0.25, 0.3) is 10.0 Å². The van der Waals surface area contributed by atoms with Crippen molar-refractivity contribution in [1.29, 1.82) is 0 Å². The first-order chi connectivity index (χ1) is 9.68. The molecular formula is C14H12F3NO2S. The Hall–Kier alpha value is -2.02. The van der Waals surface area contributed by atoms with Crippen molar-refractivity contribution in [1.82, 2.24) is 0 Å². The SMILES string of the molecule is Cc1cccc(NS(=O)(=O)c2ccc(C(F)(F)F)cc2)c1. The number of alkyl halides is 3. The molecule has 0 saturated carbocycles. The molecule has 0 aliphatic heterocycles. The van der Waals surface area contributed by atoms with Crippen molar-refractivity contribution < 1.29 is 21.6 Å². The third kappa shape index (κ3) is 3.75. The molecule has 0 amide bonds. The second kappa shape index (κ2) is 5.40. The quantitative estimate of drug-likeness (QED) is 0.936. The molecular weight excluding hydrogens is 303 g/mol. The molecule has 2 aromatic rings. The van der Waals surface area contributed by atoms with Gasteiger partial charge < -0.3 is 0 Å². The summed E-state index contributed by atoms with van der Waals surface area (Å²) in [6.07, 6.45) is -4.49. The van der Waals surface area contributed by atoms with Crippen molar-refractivity contribution in [3.63, 3.8) is 0 Å². The van der Waals surface area contributed by atoms with E-state index in [9.17, 15) is 21.6 Å². The minimum Gasteiger partial charge on any atom is -0.280 e. The van der Waals surface area contributed by atoms with Gasteiger partial charge in [0, 0.05) is 5.69 Å². The van der Waals surface area contributed by atoms with Gasteiger partial charge in [-0.1, -0.05) is 12.1 Å². The molecule has 2 rings (SSSR count). The van der Waals surface area contributed by atoms with E-state index in [1.165, 1.54) is 0 Å². The molecule has 0 atom stereocenters. The summed E-state index contributed by atoms with van der Waals surface area (Å²) in [5.41, 5.74) is 0.328. The van der Waals surface area contributed by atoms with E-state index in [-0.39, 0.29) is 4.90 Å². The average Bonchev–Trinajstić information content (AvgIpc) is 2.37. The van der Waals surface area contributed by atoms with Gasteiger partial charge in [0.1, 0.15) is 0 Å². The van der Waals surface area contributed by atoms with Crippen LogP contribution < -0.4 is 4.72 Å². The van der Waals surface area contributed by atoms with Gasteiger partial charge in [-0.15, -0.1) is 0 Å². The highest BCUT2D eigenvalue weighted by Gasteiger charge is 2.30. The summed E-state index contributed by atoms with van der Waals surface area (Å²) in [6, 6.07) is 10.0. The maximum atomic E-state index is 12.4. The fraction of sp³-hybridized carbons (Fsp3) is 0.143. The maximum Gasteiger partial charge on any atom is 0.416 e. The van der Waals surface area contributed by atoms with Crippen molar-refractivity contribution >= 4 is 15.7 Å². The molecule has 21 heavy (non-hydrogen) atoms. The average molecular weight is 315 g/mol. The van der Waals surface area contributed by atoms with Gasteiger partial charge >= 0.3 is 6.18 Å². The molecule has 0 aliphatic rings. The zero-order valence-corrected chi connectivity index (χ0v) is 11.8. The Kier molecular flexibility index (Phi) is 3.95. The van der Waals surface area contributed by atoms with Crippen molar-refractivity contribution in [2.24, 2.45) is 0 Å². The maximum absolute atomic E-state index is 12.4. The van der Waals surface area contributed by atoms with E-state index in [1.54, 1.807) is 31.2 Å². The van der Waals surface area contributed by atoms with Crippen LogP contribution >= 0.6 is 0 Å². The van der Waals surface area contributed by atoms with Gasteiger partial charge in [-0.3, -0.25) is 4.72 Å². The molecule has 0 saturated heterocycles. The first kappa shape index (κ1) is 15.4. The number of anilines is 1. The summed E-state index contributed by atoms with van der Waals surface area (Å²) in [4.78, 5) is -0.225. The van der Waals surface area contributed by atoms with Gasteiger partial charge in [0.2, 0.25) is 0 Å². The Labute approximate surface area is 120 Å². The van der Waals surface area contributed by atoms with Crippen LogP contribution in [0, 0.1) is 6.92 Å². The minimum atomic E-state index is -4.49. The summed E-state index contributed by atoms with van der Waals surface area (Å²) in [5, 5.41) is 0. The van der Waals surface area contributed by atoms with Crippen LogP contribution in [0.25, 0.3) is 0 Å². The summed E-state index contributed by atoms with van der Waals surface area (Å²) >= 11 is 0. The largest absolute Gasteiger partial charge is 0.416 e. The van der Waals surface area contributed by atoms with E-state index < -0.39 is 21.8 Å². The number of rotatable bonds is 3. The molecule has 0 aliphatic carbocycles. The molecule has 3 nitrogen and oxygen atoms in total. The van der Waals surface area contributed by atoms with E-state index in [2.05, 4.69) is 4.72 Å². The van der Waals surface area contributed by atoms with Crippen LogP contribution in [0.5, 0.6) is 0 Å². The summed E-state index contributed by atoms with van der Waals surface area (Å²) < 4.78 is 63.8. The smallest absolute Gasteiger partial charge is 0.280 e. The fourth-order valence-corrected chi connectivity index (χ4v) is 2.80. The Balaban J connectivity index is 2.28. The number of sulfonamides is 1. The van der Waals surface area contributed by atoms with Crippen LogP contribution in [-0.2, 0) is 16.2 Å². The number of hydrogen-bond donors (Lipinski definition) is 1. The molecule has 0 unspecified atom stereocenters. The molecule has 0 radical (unpaired) electrons. The van der Waals surface area contributed by atoms with Crippen molar-refractivity contribution in [3.05, 3.63) is 59.7 Å². The monoisotopic (exact) mass is 315 g/mol. The summed E-state index contributed by atoms with van der Waals surface area (Å²) in [5.74, 6) is 0. The molecule has 0 bridgehead atoms. The van der Waals surface area contributed by atoms with Gasteiger partial charge in [-0.05, 0) is 48.9 Å². The lowest BCUT2D eigenvalue weighted by atomic mass is 10.2. The first-order valence-corrected chi connectivity index (χ1v) is 7.43. The minimum absolute atomic E-state index is 0.225. The van der Waals surface area contributed by atoms with E-state index in [1.807, 2.05) is 0 Å². The lowest BCUT2D eigenvalue weighted by Crippen LogP contribution is -2.13. The molecule has 7 heteroatoms. The Morgan fingerprint density at radius 1 is 1.00 bits per heavy atom. The molecule has 0 heterocycles.